The van der Waals surface area contributed by atoms with Crippen LogP contribution in [0.2, 0.25) is 0 Å². The number of benzene rings is 2. The number of nitrogens with zero attached hydrogens (tertiary/aromatic N) is 1. The fraction of sp³-hybridized carbons (Fsp3) is 0.435. The van der Waals surface area contributed by atoms with E-state index in [1.807, 2.05) is 31.2 Å². The number of rotatable bonds is 7. The number of aryl methyl sites for hydroxylation is 1. The lowest BCUT2D eigenvalue weighted by Gasteiger charge is -2.27. The van der Waals surface area contributed by atoms with Crippen LogP contribution in [0.25, 0.3) is 0 Å². The van der Waals surface area contributed by atoms with E-state index in [9.17, 15) is 14.3 Å². The number of hydrogen-bond donors (Lipinski definition) is 2. The molecule has 1 fully saturated rings. The maximum absolute atomic E-state index is 12.9. The van der Waals surface area contributed by atoms with Crippen molar-refractivity contribution in [2.24, 2.45) is 0 Å². The zero-order valence-electron chi connectivity index (χ0n) is 16.9. The average Bonchev–Trinajstić information content (AvgIpc) is 2.89. The summed E-state index contributed by atoms with van der Waals surface area (Å²) in [5.41, 5.74) is 1.14. The number of nitrogens with one attached hydrogen (secondary N) is 1. The predicted octanol–water partition coefficient (Wildman–Crippen LogP) is 3.05. The molecular weight excluding hydrogens is 371 g/mol. The van der Waals surface area contributed by atoms with Crippen molar-refractivity contribution in [2.75, 3.05) is 26.2 Å². The largest absolute Gasteiger partial charge is 0.491 e. The van der Waals surface area contributed by atoms with Gasteiger partial charge in [0.1, 0.15) is 18.2 Å². The Hall–Kier alpha value is -2.44. The lowest BCUT2D eigenvalue weighted by molar-refractivity contribution is -0.122. The molecule has 0 aliphatic carbocycles. The minimum absolute atomic E-state index is 0.0735. The van der Waals surface area contributed by atoms with Gasteiger partial charge in [-0.05, 0) is 62.6 Å². The van der Waals surface area contributed by atoms with Crippen LogP contribution < -0.4 is 10.1 Å². The number of halogens is 1. The first kappa shape index (κ1) is 21.3. The molecule has 29 heavy (non-hydrogen) atoms. The third-order valence-corrected chi connectivity index (χ3v) is 5.31. The Bertz CT molecular complexity index is 795. The van der Waals surface area contributed by atoms with Crippen LogP contribution in [0.1, 0.15) is 30.4 Å². The second-order valence-electron chi connectivity index (χ2n) is 7.86. The molecule has 1 heterocycles. The summed E-state index contributed by atoms with van der Waals surface area (Å²) in [6.45, 7) is 4.33. The SMILES string of the molecule is Cc1ccc(OC[C@@]2(O)CCCN(CC(=O)NCc3ccc(F)cc3)CC2)cc1. The monoisotopic (exact) mass is 400 g/mol. The van der Waals surface area contributed by atoms with Gasteiger partial charge in [-0.2, -0.15) is 0 Å². The molecule has 0 radical (unpaired) electrons. The molecule has 1 aliphatic rings. The van der Waals surface area contributed by atoms with Gasteiger partial charge < -0.3 is 15.2 Å². The van der Waals surface area contributed by atoms with Crippen LogP contribution in [0.4, 0.5) is 4.39 Å². The molecule has 5 nitrogen and oxygen atoms in total. The van der Waals surface area contributed by atoms with Crippen LogP contribution in [0.3, 0.4) is 0 Å². The highest BCUT2D eigenvalue weighted by Gasteiger charge is 2.31. The summed E-state index contributed by atoms with van der Waals surface area (Å²) in [6, 6.07) is 13.9. The molecule has 1 saturated heterocycles. The van der Waals surface area contributed by atoms with Crippen LogP contribution in [0.5, 0.6) is 5.75 Å². The molecule has 0 saturated carbocycles. The van der Waals surface area contributed by atoms with Gasteiger partial charge in [0.2, 0.25) is 5.91 Å². The Labute approximate surface area is 171 Å². The molecule has 6 heteroatoms. The summed E-state index contributed by atoms with van der Waals surface area (Å²) in [5, 5.41) is 13.8. The number of carbonyl (C=O) groups is 1. The molecule has 2 aromatic carbocycles. The van der Waals surface area contributed by atoms with E-state index in [0.717, 1.165) is 24.3 Å². The molecule has 1 aliphatic heterocycles. The van der Waals surface area contributed by atoms with Crippen LogP contribution in [0, 0.1) is 12.7 Å². The first-order valence-corrected chi connectivity index (χ1v) is 10.1. The Kier molecular flexibility index (Phi) is 7.23. The average molecular weight is 400 g/mol. The van der Waals surface area contributed by atoms with E-state index in [0.29, 0.717) is 25.9 Å². The number of likely N-dealkylation sites (tertiary alicyclic amines) is 1. The number of ether oxygens (including phenoxy) is 1. The van der Waals surface area contributed by atoms with E-state index in [1.54, 1.807) is 12.1 Å². The maximum atomic E-state index is 12.9. The molecule has 1 amide bonds. The smallest absolute Gasteiger partial charge is 0.234 e. The minimum Gasteiger partial charge on any atom is -0.491 e. The summed E-state index contributed by atoms with van der Waals surface area (Å²) < 4.78 is 18.7. The van der Waals surface area contributed by atoms with Crippen molar-refractivity contribution < 1.29 is 19.0 Å². The Morgan fingerprint density at radius 1 is 1.14 bits per heavy atom. The van der Waals surface area contributed by atoms with Gasteiger partial charge in [-0.1, -0.05) is 29.8 Å². The van der Waals surface area contributed by atoms with Crippen LogP contribution in [0.15, 0.2) is 48.5 Å². The zero-order chi connectivity index (χ0) is 20.7. The number of carbonyl (C=O) groups excluding carboxylic acids is 1. The van der Waals surface area contributed by atoms with E-state index in [1.165, 1.54) is 17.7 Å². The molecule has 0 unspecified atom stereocenters. The molecule has 2 aromatic rings. The first-order valence-electron chi connectivity index (χ1n) is 10.1. The van der Waals surface area contributed by atoms with Crippen molar-refractivity contribution in [1.29, 1.82) is 0 Å². The fourth-order valence-electron chi connectivity index (χ4n) is 3.45. The summed E-state index contributed by atoms with van der Waals surface area (Å²) >= 11 is 0. The summed E-state index contributed by atoms with van der Waals surface area (Å²) in [4.78, 5) is 14.3. The number of amides is 1. The number of aliphatic hydroxyl groups is 1. The second-order valence-corrected chi connectivity index (χ2v) is 7.86. The molecule has 0 spiro atoms. The second kappa shape index (κ2) is 9.85. The minimum atomic E-state index is -0.885. The highest BCUT2D eigenvalue weighted by Crippen LogP contribution is 2.24. The van der Waals surface area contributed by atoms with Gasteiger partial charge in [-0.15, -0.1) is 0 Å². The van der Waals surface area contributed by atoms with Crippen molar-refractivity contribution in [3.63, 3.8) is 0 Å². The quantitative estimate of drug-likeness (QED) is 0.750. The summed E-state index contributed by atoms with van der Waals surface area (Å²) in [6.07, 6.45) is 2.01. The zero-order valence-corrected chi connectivity index (χ0v) is 16.9. The van der Waals surface area contributed by atoms with Gasteiger partial charge in [0.25, 0.3) is 0 Å². The lowest BCUT2D eigenvalue weighted by Crippen LogP contribution is -2.40. The lowest BCUT2D eigenvalue weighted by atomic mass is 9.96. The molecule has 3 rings (SSSR count). The van der Waals surface area contributed by atoms with Gasteiger partial charge in [-0.3, -0.25) is 9.69 Å². The number of hydrogen-bond acceptors (Lipinski definition) is 4. The van der Waals surface area contributed by atoms with Crippen LogP contribution in [-0.2, 0) is 11.3 Å². The Morgan fingerprint density at radius 2 is 1.86 bits per heavy atom. The Morgan fingerprint density at radius 3 is 2.59 bits per heavy atom. The highest BCUT2D eigenvalue weighted by molar-refractivity contribution is 5.78. The van der Waals surface area contributed by atoms with Crippen molar-refractivity contribution in [2.45, 2.75) is 38.3 Å². The van der Waals surface area contributed by atoms with Gasteiger partial charge in [0.15, 0.2) is 0 Å². The van der Waals surface area contributed by atoms with E-state index in [2.05, 4.69) is 10.2 Å². The van der Waals surface area contributed by atoms with Gasteiger partial charge in [0.05, 0.1) is 12.1 Å². The topological polar surface area (TPSA) is 61.8 Å². The molecule has 0 aromatic heterocycles. The first-order chi connectivity index (χ1) is 13.9. The van der Waals surface area contributed by atoms with E-state index in [-0.39, 0.29) is 24.9 Å². The van der Waals surface area contributed by atoms with Gasteiger partial charge in [0, 0.05) is 13.1 Å². The standard InChI is InChI=1S/C23H29FN2O3/c1-18-3-9-21(10-4-18)29-17-23(28)11-2-13-26(14-12-23)16-22(27)25-15-19-5-7-20(24)8-6-19/h3-10,28H,2,11-17H2,1H3,(H,25,27)/t23-/m1/s1. The van der Waals surface area contributed by atoms with E-state index in [4.69, 9.17) is 4.74 Å². The third-order valence-electron chi connectivity index (χ3n) is 5.31. The van der Waals surface area contributed by atoms with E-state index >= 15 is 0 Å². The fourth-order valence-corrected chi connectivity index (χ4v) is 3.45. The van der Waals surface area contributed by atoms with E-state index < -0.39 is 5.60 Å². The molecule has 1 atom stereocenters. The summed E-state index contributed by atoms with van der Waals surface area (Å²) in [5.74, 6) is 0.393. The van der Waals surface area contributed by atoms with Crippen LogP contribution >= 0.6 is 0 Å². The Balaban J connectivity index is 1.42. The van der Waals surface area contributed by atoms with Gasteiger partial charge >= 0.3 is 0 Å². The van der Waals surface area contributed by atoms with Crippen molar-refractivity contribution in [3.8, 4) is 5.75 Å². The maximum Gasteiger partial charge on any atom is 0.234 e. The van der Waals surface area contributed by atoms with Crippen LogP contribution in [-0.4, -0.2) is 47.8 Å². The summed E-state index contributed by atoms with van der Waals surface area (Å²) in [7, 11) is 0. The van der Waals surface area contributed by atoms with Gasteiger partial charge in [-0.25, -0.2) is 4.39 Å². The third kappa shape index (κ3) is 6.84. The predicted molar refractivity (Wildman–Crippen MR) is 110 cm³/mol. The van der Waals surface area contributed by atoms with Crippen molar-refractivity contribution in [3.05, 3.63) is 65.5 Å². The highest BCUT2D eigenvalue weighted by atomic mass is 19.1. The normalized spacial score (nSPS) is 20.1. The molecule has 156 valence electrons. The molecule has 0 bridgehead atoms. The molecule has 2 N–H and O–H groups in total. The molecular formula is C23H29FN2O3. The van der Waals surface area contributed by atoms with Crippen molar-refractivity contribution >= 4 is 5.91 Å². The van der Waals surface area contributed by atoms with Crippen molar-refractivity contribution in [1.82, 2.24) is 10.2 Å².